The molecule has 0 saturated heterocycles. The number of benzene rings is 1. The number of nitrogens with two attached hydrogens (primary N) is 1. The molecule has 2 unspecified atom stereocenters. The highest BCUT2D eigenvalue weighted by atomic mass is 35.5. The molecule has 0 bridgehead atoms. The molecule has 0 aliphatic heterocycles. The van der Waals surface area contributed by atoms with E-state index in [4.69, 9.17) is 28.9 Å². The molecule has 0 heterocycles. The van der Waals surface area contributed by atoms with Crippen LogP contribution >= 0.6 is 23.2 Å². The molecule has 1 aliphatic carbocycles. The van der Waals surface area contributed by atoms with Gasteiger partial charge in [-0.25, -0.2) is 13.1 Å². The van der Waals surface area contributed by atoms with Crippen molar-refractivity contribution in [2.24, 2.45) is 11.8 Å². The summed E-state index contributed by atoms with van der Waals surface area (Å²) in [5.41, 5.74) is 5.93. The Morgan fingerprint density at radius 1 is 1.24 bits per heavy atom. The summed E-state index contributed by atoms with van der Waals surface area (Å²) in [6.45, 7) is 2.59. The van der Waals surface area contributed by atoms with Gasteiger partial charge < -0.3 is 5.73 Å². The van der Waals surface area contributed by atoms with Crippen molar-refractivity contribution in [2.75, 3.05) is 12.3 Å². The Morgan fingerprint density at radius 3 is 2.38 bits per heavy atom. The van der Waals surface area contributed by atoms with Gasteiger partial charge in [0.1, 0.15) is 4.90 Å². The van der Waals surface area contributed by atoms with Crippen molar-refractivity contribution >= 4 is 38.9 Å². The zero-order chi connectivity index (χ0) is 15.6. The van der Waals surface area contributed by atoms with Gasteiger partial charge in [-0.3, -0.25) is 0 Å². The van der Waals surface area contributed by atoms with Gasteiger partial charge in [0.25, 0.3) is 0 Å². The monoisotopic (exact) mass is 350 g/mol. The largest absolute Gasteiger partial charge is 0.399 e. The molecule has 0 amide bonds. The molecule has 2 rings (SSSR count). The maximum atomic E-state index is 12.4. The van der Waals surface area contributed by atoms with Crippen LogP contribution in [-0.4, -0.2) is 15.0 Å². The standard InChI is InChI=1S/C14H20Cl2N2O2S/c1-9-4-2-3-5-10(9)8-18-21(19,20)14-12(15)6-11(17)7-13(14)16/h6-7,9-10,18H,2-5,8,17H2,1H3. The number of hydrogen-bond acceptors (Lipinski definition) is 3. The number of anilines is 1. The van der Waals surface area contributed by atoms with Crippen LogP contribution < -0.4 is 10.5 Å². The molecule has 1 aliphatic rings. The second kappa shape index (κ2) is 6.73. The smallest absolute Gasteiger partial charge is 0.243 e. The van der Waals surface area contributed by atoms with Crippen molar-refractivity contribution in [1.29, 1.82) is 0 Å². The Bertz CT molecular complexity index is 596. The molecule has 1 fully saturated rings. The van der Waals surface area contributed by atoms with Gasteiger partial charge in [-0.15, -0.1) is 0 Å². The van der Waals surface area contributed by atoms with Crippen LogP contribution in [0.3, 0.4) is 0 Å². The van der Waals surface area contributed by atoms with Crippen LogP contribution in [-0.2, 0) is 10.0 Å². The first-order chi connectivity index (χ1) is 9.81. The van der Waals surface area contributed by atoms with Gasteiger partial charge in [-0.05, 0) is 30.4 Å². The summed E-state index contributed by atoms with van der Waals surface area (Å²) in [5, 5.41) is 0.0911. The third-order valence-corrected chi connectivity index (χ3v) is 6.46. The molecule has 1 aromatic carbocycles. The first kappa shape index (κ1) is 16.9. The molecule has 0 spiro atoms. The van der Waals surface area contributed by atoms with Gasteiger partial charge in [0, 0.05) is 12.2 Å². The third-order valence-electron chi connectivity index (χ3n) is 4.11. The molecular weight excluding hydrogens is 331 g/mol. The Kier molecular flexibility index (Phi) is 5.41. The Morgan fingerprint density at radius 2 is 1.81 bits per heavy atom. The van der Waals surface area contributed by atoms with Crippen LogP contribution in [0.2, 0.25) is 10.0 Å². The van der Waals surface area contributed by atoms with E-state index in [1.54, 1.807) is 0 Å². The lowest BCUT2D eigenvalue weighted by Crippen LogP contribution is -2.33. The van der Waals surface area contributed by atoms with Crippen molar-refractivity contribution in [2.45, 2.75) is 37.5 Å². The molecule has 7 heteroatoms. The number of rotatable bonds is 4. The number of halogens is 2. The molecule has 21 heavy (non-hydrogen) atoms. The van der Waals surface area contributed by atoms with E-state index in [0.29, 0.717) is 24.1 Å². The van der Waals surface area contributed by atoms with Crippen molar-refractivity contribution in [3.05, 3.63) is 22.2 Å². The first-order valence-corrected chi connectivity index (χ1v) is 9.29. The minimum absolute atomic E-state index is 0.0455. The van der Waals surface area contributed by atoms with Gasteiger partial charge in [0.15, 0.2) is 0 Å². The fraction of sp³-hybridized carbons (Fsp3) is 0.571. The van der Waals surface area contributed by atoms with E-state index >= 15 is 0 Å². The molecule has 3 N–H and O–H groups in total. The van der Waals surface area contributed by atoms with Gasteiger partial charge in [-0.1, -0.05) is 49.4 Å². The first-order valence-electron chi connectivity index (χ1n) is 7.05. The zero-order valence-corrected chi connectivity index (χ0v) is 14.2. The van der Waals surface area contributed by atoms with Gasteiger partial charge in [0.2, 0.25) is 10.0 Å². The topological polar surface area (TPSA) is 72.2 Å². The average molecular weight is 351 g/mol. The van der Waals surface area contributed by atoms with Crippen molar-refractivity contribution in [3.63, 3.8) is 0 Å². The Hall–Kier alpha value is -0.490. The van der Waals surface area contributed by atoms with E-state index in [2.05, 4.69) is 11.6 Å². The summed E-state index contributed by atoms with van der Waals surface area (Å²) in [4.78, 5) is -0.0940. The summed E-state index contributed by atoms with van der Waals surface area (Å²) >= 11 is 12.0. The zero-order valence-electron chi connectivity index (χ0n) is 11.9. The van der Waals surface area contributed by atoms with Gasteiger partial charge in [0.05, 0.1) is 10.0 Å². The van der Waals surface area contributed by atoms with Crippen molar-refractivity contribution in [1.82, 2.24) is 4.72 Å². The lowest BCUT2D eigenvalue weighted by molar-refractivity contribution is 0.257. The summed E-state index contributed by atoms with van der Waals surface area (Å²) in [6, 6.07) is 2.79. The lowest BCUT2D eigenvalue weighted by Gasteiger charge is -2.28. The highest BCUT2D eigenvalue weighted by Gasteiger charge is 2.26. The third kappa shape index (κ3) is 4.03. The SMILES string of the molecule is CC1CCCCC1CNS(=O)(=O)c1c(Cl)cc(N)cc1Cl. The lowest BCUT2D eigenvalue weighted by atomic mass is 9.81. The number of nitrogens with one attached hydrogen (secondary N) is 1. The summed E-state index contributed by atoms with van der Waals surface area (Å²) in [7, 11) is -3.73. The number of sulfonamides is 1. The fourth-order valence-electron chi connectivity index (χ4n) is 2.82. The molecule has 118 valence electrons. The van der Waals surface area contributed by atoms with Crippen molar-refractivity contribution < 1.29 is 8.42 Å². The van der Waals surface area contributed by atoms with Crippen LogP contribution in [0.1, 0.15) is 32.6 Å². The van der Waals surface area contributed by atoms with E-state index in [1.165, 1.54) is 18.6 Å². The molecule has 0 radical (unpaired) electrons. The fourth-order valence-corrected chi connectivity index (χ4v) is 5.14. The molecule has 0 aromatic heterocycles. The predicted octanol–water partition coefficient (Wildman–Crippen LogP) is 3.68. The van der Waals surface area contributed by atoms with E-state index in [-0.39, 0.29) is 14.9 Å². The summed E-state index contributed by atoms with van der Waals surface area (Å²) < 4.78 is 27.5. The normalized spacial score (nSPS) is 23.2. The Balaban J connectivity index is 2.15. The number of hydrogen-bond donors (Lipinski definition) is 2. The quantitative estimate of drug-likeness (QED) is 0.813. The van der Waals surface area contributed by atoms with Crippen molar-refractivity contribution in [3.8, 4) is 0 Å². The van der Waals surface area contributed by atoms with Gasteiger partial charge >= 0.3 is 0 Å². The average Bonchev–Trinajstić information content (AvgIpc) is 2.36. The molecule has 1 aromatic rings. The van der Waals surface area contributed by atoms with Crippen LogP contribution in [0.5, 0.6) is 0 Å². The van der Waals surface area contributed by atoms with Crippen LogP contribution in [0.25, 0.3) is 0 Å². The molecule has 4 nitrogen and oxygen atoms in total. The van der Waals surface area contributed by atoms with Crippen LogP contribution in [0.4, 0.5) is 5.69 Å². The number of nitrogen functional groups attached to an aromatic ring is 1. The van der Waals surface area contributed by atoms with Gasteiger partial charge in [-0.2, -0.15) is 0 Å². The van der Waals surface area contributed by atoms with E-state index in [9.17, 15) is 8.42 Å². The second-order valence-electron chi connectivity index (χ2n) is 5.69. The van der Waals surface area contributed by atoms with E-state index in [1.807, 2.05) is 0 Å². The molecular formula is C14H20Cl2N2O2S. The highest BCUT2D eigenvalue weighted by Crippen LogP contribution is 2.33. The van der Waals surface area contributed by atoms with Crippen LogP contribution in [0, 0.1) is 11.8 Å². The second-order valence-corrected chi connectivity index (χ2v) is 8.21. The van der Waals surface area contributed by atoms with E-state index < -0.39 is 10.0 Å². The molecule has 2 atom stereocenters. The summed E-state index contributed by atoms with van der Waals surface area (Å²) in [6.07, 6.45) is 4.57. The minimum Gasteiger partial charge on any atom is -0.399 e. The molecule has 1 saturated carbocycles. The highest BCUT2D eigenvalue weighted by molar-refractivity contribution is 7.89. The maximum Gasteiger partial charge on any atom is 0.243 e. The summed E-state index contributed by atoms with van der Waals surface area (Å²) in [5.74, 6) is 0.888. The van der Waals surface area contributed by atoms with Crippen LogP contribution in [0.15, 0.2) is 17.0 Å². The Labute approximate surface area is 136 Å². The predicted molar refractivity (Wildman–Crippen MR) is 87.2 cm³/mol. The van der Waals surface area contributed by atoms with E-state index in [0.717, 1.165) is 19.3 Å². The minimum atomic E-state index is -3.73. The maximum absolute atomic E-state index is 12.4.